The van der Waals surface area contributed by atoms with Gasteiger partial charge in [0.15, 0.2) is 0 Å². The van der Waals surface area contributed by atoms with Crippen molar-refractivity contribution in [2.24, 2.45) is 0 Å². The van der Waals surface area contributed by atoms with Crippen molar-refractivity contribution in [2.75, 3.05) is 6.61 Å². The highest BCUT2D eigenvalue weighted by Crippen LogP contribution is 2.20. The summed E-state index contributed by atoms with van der Waals surface area (Å²) in [6.45, 7) is 2.46. The van der Waals surface area contributed by atoms with E-state index in [9.17, 15) is 0 Å². The van der Waals surface area contributed by atoms with Crippen LogP contribution in [0, 0.1) is 11.3 Å². The number of rotatable bonds is 3. The maximum Gasteiger partial charge on any atom is 0.122 e. The Hall–Kier alpha value is -1.27. The summed E-state index contributed by atoms with van der Waals surface area (Å²) in [6, 6.07) is 7.38. The number of nitriles is 1. The third-order valence-corrected chi connectivity index (χ3v) is 2.04. The Bertz CT molecular complexity index is 379. The molecule has 0 unspecified atom stereocenters. The summed E-state index contributed by atoms with van der Waals surface area (Å²) in [4.78, 5) is 0. The lowest BCUT2D eigenvalue weighted by atomic mass is 10.2. The van der Waals surface area contributed by atoms with Gasteiger partial charge < -0.3 is 4.74 Å². The molecule has 1 aromatic rings. The van der Waals surface area contributed by atoms with Crippen LogP contribution in [0.2, 0.25) is 0 Å². The molecule has 0 aliphatic rings. The molecular weight excluding hydrogens is 242 g/mol. The molecule has 0 bridgehead atoms. The monoisotopic (exact) mass is 251 g/mol. The van der Waals surface area contributed by atoms with Gasteiger partial charge in [-0.1, -0.05) is 28.1 Å². The molecule has 0 aromatic heterocycles. The predicted octanol–water partition coefficient (Wildman–Crippen LogP) is 3.28. The molecule has 2 nitrogen and oxygen atoms in total. The molecule has 72 valence electrons. The van der Waals surface area contributed by atoms with Gasteiger partial charge in [0.2, 0.25) is 0 Å². The summed E-state index contributed by atoms with van der Waals surface area (Å²) in [5.74, 6) is 0.703. The minimum absolute atomic E-state index is 0.526. The first-order valence-corrected chi connectivity index (χ1v) is 5.00. The number of nitrogens with zero attached hydrogens (tertiary/aromatic N) is 1. The van der Waals surface area contributed by atoms with Gasteiger partial charge >= 0.3 is 0 Å². The topological polar surface area (TPSA) is 33.0 Å². The van der Waals surface area contributed by atoms with Gasteiger partial charge in [-0.2, -0.15) is 5.26 Å². The fraction of sp³-hybridized carbons (Fsp3) is 0.182. The van der Waals surface area contributed by atoms with Gasteiger partial charge in [-0.25, -0.2) is 0 Å². The zero-order valence-corrected chi connectivity index (χ0v) is 9.41. The Kier molecular flexibility index (Phi) is 4.21. The Morgan fingerprint density at radius 1 is 1.50 bits per heavy atom. The Balaban J connectivity index is 2.77. The maximum absolute atomic E-state index is 8.72. The molecule has 1 rings (SSSR count). The number of halogens is 1. The lowest BCUT2D eigenvalue weighted by molar-refractivity contribution is 0.362. The van der Waals surface area contributed by atoms with Gasteiger partial charge in [0.1, 0.15) is 12.4 Å². The van der Waals surface area contributed by atoms with Crippen LogP contribution in [0.25, 0.3) is 0 Å². The number of hydrogen-bond acceptors (Lipinski definition) is 2. The molecule has 3 heteroatoms. The number of ether oxygens (including phenoxy) is 1. The average molecular weight is 252 g/mol. The van der Waals surface area contributed by atoms with Crippen LogP contribution in [-0.4, -0.2) is 6.61 Å². The van der Waals surface area contributed by atoms with Crippen molar-refractivity contribution < 1.29 is 4.74 Å². The molecule has 0 spiro atoms. The molecular formula is C11H10BrNO. The molecule has 14 heavy (non-hydrogen) atoms. The van der Waals surface area contributed by atoms with Crippen molar-refractivity contribution in [1.29, 1.82) is 5.26 Å². The van der Waals surface area contributed by atoms with Crippen molar-refractivity contribution in [1.82, 2.24) is 0 Å². The summed E-state index contributed by atoms with van der Waals surface area (Å²) in [6.07, 6.45) is 3.83. The lowest BCUT2D eigenvalue weighted by Gasteiger charge is -2.03. The van der Waals surface area contributed by atoms with E-state index in [4.69, 9.17) is 10.00 Å². The van der Waals surface area contributed by atoms with Crippen LogP contribution in [0.3, 0.4) is 0 Å². The van der Waals surface area contributed by atoms with Crippen molar-refractivity contribution >= 4 is 15.9 Å². The van der Waals surface area contributed by atoms with E-state index in [1.165, 1.54) is 0 Å². The molecule has 0 aliphatic carbocycles. The van der Waals surface area contributed by atoms with Crippen molar-refractivity contribution in [3.05, 3.63) is 40.4 Å². The second-order valence-electron chi connectivity index (χ2n) is 2.67. The first kappa shape index (κ1) is 10.8. The van der Waals surface area contributed by atoms with Gasteiger partial charge in [0.25, 0.3) is 0 Å². The molecule has 0 N–H and O–H groups in total. The molecule has 0 aliphatic heterocycles. The van der Waals surface area contributed by atoms with E-state index in [1.807, 2.05) is 25.1 Å². The maximum atomic E-state index is 8.72. The van der Waals surface area contributed by atoms with E-state index in [1.54, 1.807) is 12.1 Å². The highest BCUT2D eigenvalue weighted by molar-refractivity contribution is 9.10. The van der Waals surface area contributed by atoms with Crippen LogP contribution in [0.5, 0.6) is 5.75 Å². The molecule has 0 radical (unpaired) electrons. The van der Waals surface area contributed by atoms with Gasteiger partial charge in [-0.15, -0.1) is 0 Å². The van der Waals surface area contributed by atoms with E-state index in [0.717, 1.165) is 4.47 Å². The molecule has 0 amide bonds. The normalized spacial score (nSPS) is 10.1. The summed E-state index contributed by atoms with van der Waals surface area (Å²) >= 11 is 3.31. The number of hydrogen-bond donors (Lipinski definition) is 0. The summed E-state index contributed by atoms with van der Waals surface area (Å²) in [7, 11) is 0. The molecule has 0 heterocycles. The molecule has 1 aromatic carbocycles. The number of benzene rings is 1. The van der Waals surface area contributed by atoms with Gasteiger partial charge in [0, 0.05) is 4.47 Å². The highest BCUT2D eigenvalue weighted by atomic mass is 79.9. The molecule has 0 atom stereocenters. The van der Waals surface area contributed by atoms with Crippen LogP contribution < -0.4 is 4.74 Å². The zero-order valence-electron chi connectivity index (χ0n) is 7.83. The van der Waals surface area contributed by atoms with Crippen LogP contribution in [0.15, 0.2) is 34.8 Å². The highest BCUT2D eigenvalue weighted by Gasteiger charge is 1.98. The summed E-state index contributed by atoms with van der Waals surface area (Å²) in [5.41, 5.74) is 0.592. The Morgan fingerprint density at radius 3 is 2.93 bits per heavy atom. The third kappa shape index (κ3) is 3.23. The van der Waals surface area contributed by atoms with Crippen LogP contribution >= 0.6 is 15.9 Å². The van der Waals surface area contributed by atoms with E-state index in [2.05, 4.69) is 22.0 Å². The van der Waals surface area contributed by atoms with Gasteiger partial charge in [-0.3, -0.25) is 0 Å². The minimum atomic E-state index is 0.526. The molecule has 0 fully saturated rings. The third-order valence-electron chi connectivity index (χ3n) is 1.58. The fourth-order valence-electron chi connectivity index (χ4n) is 0.951. The SMILES string of the molecule is C/C=C/COc1cc(Br)cc(C#N)c1. The average Bonchev–Trinajstić information content (AvgIpc) is 2.17. The van der Waals surface area contributed by atoms with Crippen LogP contribution in [0.1, 0.15) is 12.5 Å². The predicted molar refractivity (Wildman–Crippen MR) is 59.2 cm³/mol. The standard InChI is InChI=1S/C11H10BrNO/c1-2-3-4-14-11-6-9(8-13)5-10(12)7-11/h2-3,5-7H,4H2,1H3/b3-2+. The lowest BCUT2D eigenvalue weighted by Crippen LogP contribution is -1.93. The number of allylic oxidation sites excluding steroid dienone is 1. The van der Waals surface area contributed by atoms with Crippen molar-refractivity contribution in [2.45, 2.75) is 6.92 Å². The van der Waals surface area contributed by atoms with Gasteiger partial charge in [-0.05, 0) is 25.1 Å². The Labute approximate surface area is 91.9 Å². The molecule has 0 saturated heterocycles. The molecule has 0 saturated carbocycles. The first-order chi connectivity index (χ1) is 6.76. The Morgan fingerprint density at radius 2 is 2.29 bits per heavy atom. The largest absolute Gasteiger partial charge is 0.489 e. The quantitative estimate of drug-likeness (QED) is 0.773. The van der Waals surface area contributed by atoms with Crippen LogP contribution in [0.4, 0.5) is 0 Å². The van der Waals surface area contributed by atoms with Crippen molar-refractivity contribution in [3.8, 4) is 11.8 Å². The van der Waals surface area contributed by atoms with Gasteiger partial charge in [0.05, 0.1) is 11.6 Å². The van der Waals surface area contributed by atoms with E-state index >= 15 is 0 Å². The summed E-state index contributed by atoms with van der Waals surface area (Å²) < 4.78 is 6.26. The van der Waals surface area contributed by atoms with E-state index in [-0.39, 0.29) is 0 Å². The van der Waals surface area contributed by atoms with E-state index in [0.29, 0.717) is 17.9 Å². The van der Waals surface area contributed by atoms with E-state index < -0.39 is 0 Å². The second kappa shape index (κ2) is 5.46. The second-order valence-corrected chi connectivity index (χ2v) is 3.58. The van der Waals surface area contributed by atoms with Crippen molar-refractivity contribution in [3.63, 3.8) is 0 Å². The fourth-order valence-corrected chi connectivity index (χ4v) is 1.42. The smallest absolute Gasteiger partial charge is 0.122 e. The summed E-state index contributed by atoms with van der Waals surface area (Å²) in [5, 5.41) is 8.72. The first-order valence-electron chi connectivity index (χ1n) is 4.21. The van der Waals surface area contributed by atoms with Crippen LogP contribution in [-0.2, 0) is 0 Å². The minimum Gasteiger partial charge on any atom is -0.489 e. The zero-order chi connectivity index (χ0) is 10.4.